The highest BCUT2D eigenvalue weighted by Gasteiger charge is 2.04. The molecule has 0 bridgehead atoms. The predicted molar refractivity (Wildman–Crippen MR) is 43.5 cm³/mol. The quantitative estimate of drug-likeness (QED) is 0.674. The van der Waals surface area contributed by atoms with Crippen molar-refractivity contribution in [1.82, 2.24) is 0 Å². The Morgan fingerprint density at radius 2 is 1.75 bits per heavy atom. The summed E-state index contributed by atoms with van der Waals surface area (Å²) in [7, 11) is 0. The van der Waals surface area contributed by atoms with E-state index in [1.165, 1.54) is 18.2 Å². The van der Waals surface area contributed by atoms with E-state index in [9.17, 15) is 8.78 Å². The van der Waals surface area contributed by atoms with Crippen LogP contribution in [0.25, 0.3) is 0 Å². The first-order valence-corrected chi connectivity index (χ1v) is 3.47. The van der Waals surface area contributed by atoms with Gasteiger partial charge in [-0.2, -0.15) is 0 Å². The molecule has 2 N–H and O–H groups in total. The molecule has 0 amide bonds. The van der Waals surface area contributed by atoms with Crippen LogP contribution in [-0.4, -0.2) is 0 Å². The molecule has 0 aromatic heterocycles. The SMILES string of the molecule is C=C[C@H](N)c1cc(F)cc(F)c1. The van der Waals surface area contributed by atoms with Crippen molar-refractivity contribution >= 4 is 0 Å². The van der Waals surface area contributed by atoms with Crippen molar-refractivity contribution in [3.8, 4) is 0 Å². The van der Waals surface area contributed by atoms with Crippen molar-refractivity contribution < 1.29 is 8.78 Å². The Morgan fingerprint density at radius 3 is 2.17 bits per heavy atom. The van der Waals surface area contributed by atoms with Crippen LogP contribution in [0.1, 0.15) is 11.6 Å². The Kier molecular flexibility index (Phi) is 2.55. The molecule has 0 aliphatic rings. The summed E-state index contributed by atoms with van der Waals surface area (Å²) in [6, 6.07) is 2.67. The van der Waals surface area contributed by atoms with Crippen LogP contribution in [0.4, 0.5) is 8.78 Å². The van der Waals surface area contributed by atoms with Gasteiger partial charge in [-0.25, -0.2) is 8.78 Å². The van der Waals surface area contributed by atoms with Crippen LogP contribution in [0.5, 0.6) is 0 Å². The Balaban J connectivity index is 3.08. The highest BCUT2D eigenvalue weighted by molar-refractivity contribution is 5.23. The van der Waals surface area contributed by atoms with E-state index in [2.05, 4.69) is 6.58 Å². The third kappa shape index (κ3) is 1.89. The topological polar surface area (TPSA) is 26.0 Å². The first kappa shape index (κ1) is 8.87. The molecule has 0 radical (unpaired) electrons. The van der Waals surface area contributed by atoms with E-state index in [1.54, 1.807) is 0 Å². The lowest BCUT2D eigenvalue weighted by Crippen LogP contribution is -2.07. The monoisotopic (exact) mass is 169 g/mol. The lowest BCUT2D eigenvalue weighted by Gasteiger charge is -2.05. The minimum atomic E-state index is -0.623. The Morgan fingerprint density at radius 1 is 1.25 bits per heavy atom. The summed E-state index contributed by atoms with van der Waals surface area (Å²) in [6.45, 7) is 3.43. The zero-order valence-electron chi connectivity index (χ0n) is 6.43. The first-order valence-electron chi connectivity index (χ1n) is 3.47. The van der Waals surface area contributed by atoms with Crippen LogP contribution >= 0.6 is 0 Å². The molecule has 1 atom stereocenters. The van der Waals surface area contributed by atoms with Gasteiger partial charge >= 0.3 is 0 Å². The molecule has 1 rings (SSSR count). The van der Waals surface area contributed by atoms with Gasteiger partial charge in [-0.3, -0.25) is 0 Å². The minimum absolute atomic E-state index is 0.391. The second kappa shape index (κ2) is 3.45. The highest BCUT2D eigenvalue weighted by atomic mass is 19.1. The zero-order valence-corrected chi connectivity index (χ0v) is 6.43. The molecule has 0 aliphatic carbocycles. The smallest absolute Gasteiger partial charge is 0.126 e. The molecule has 0 saturated carbocycles. The summed E-state index contributed by atoms with van der Waals surface area (Å²) in [6.07, 6.45) is 1.42. The first-order chi connectivity index (χ1) is 5.63. The lowest BCUT2D eigenvalue weighted by molar-refractivity contribution is 0.578. The molecule has 0 spiro atoms. The van der Waals surface area contributed by atoms with Gasteiger partial charge < -0.3 is 5.73 Å². The fraction of sp³-hybridized carbons (Fsp3) is 0.111. The van der Waals surface area contributed by atoms with E-state index < -0.39 is 17.7 Å². The molecule has 64 valence electrons. The molecule has 1 aromatic rings. The van der Waals surface area contributed by atoms with Gasteiger partial charge in [-0.15, -0.1) is 6.58 Å². The summed E-state index contributed by atoms with van der Waals surface area (Å²) >= 11 is 0. The molecule has 12 heavy (non-hydrogen) atoms. The van der Waals surface area contributed by atoms with Crippen molar-refractivity contribution in [3.63, 3.8) is 0 Å². The molecular formula is C9H9F2N. The van der Waals surface area contributed by atoms with Crippen molar-refractivity contribution in [3.05, 3.63) is 48.1 Å². The van der Waals surface area contributed by atoms with E-state index in [-0.39, 0.29) is 0 Å². The largest absolute Gasteiger partial charge is 0.321 e. The Bertz CT molecular complexity index is 276. The van der Waals surface area contributed by atoms with Crippen molar-refractivity contribution in [2.24, 2.45) is 5.73 Å². The molecule has 0 unspecified atom stereocenters. The minimum Gasteiger partial charge on any atom is -0.321 e. The van der Waals surface area contributed by atoms with Gasteiger partial charge in [0.2, 0.25) is 0 Å². The fourth-order valence-corrected chi connectivity index (χ4v) is 0.904. The van der Waals surface area contributed by atoms with E-state index in [0.29, 0.717) is 5.56 Å². The molecule has 1 nitrogen and oxygen atoms in total. The summed E-state index contributed by atoms with van der Waals surface area (Å²) in [5.41, 5.74) is 5.87. The van der Waals surface area contributed by atoms with Crippen molar-refractivity contribution in [2.75, 3.05) is 0 Å². The van der Waals surface area contributed by atoms with E-state index in [0.717, 1.165) is 6.07 Å². The third-order valence-corrected chi connectivity index (χ3v) is 1.52. The lowest BCUT2D eigenvalue weighted by atomic mass is 10.1. The third-order valence-electron chi connectivity index (χ3n) is 1.52. The van der Waals surface area contributed by atoms with Crippen LogP contribution in [-0.2, 0) is 0 Å². The maximum Gasteiger partial charge on any atom is 0.126 e. The molecular weight excluding hydrogens is 160 g/mol. The maximum atomic E-state index is 12.6. The summed E-state index contributed by atoms with van der Waals surface area (Å²) in [5.74, 6) is -1.25. The summed E-state index contributed by atoms with van der Waals surface area (Å²) in [4.78, 5) is 0. The number of hydrogen-bond donors (Lipinski definition) is 1. The van der Waals surface area contributed by atoms with Crippen LogP contribution in [0, 0.1) is 11.6 Å². The van der Waals surface area contributed by atoms with Gasteiger partial charge in [-0.05, 0) is 17.7 Å². The van der Waals surface area contributed by atoms with Gasteiger partial charge in [0.05, 0.1) is 0 Å². The molecule has 0 heterocycles. The van der Waals surface area contributed by atoms with Gasteiger partial charge in [-0.1, -0.05) is 6.08 Å². The van der Waals surface area contributed by atoms with Crippen molar-refractivity contribution in [2.45, 2.75) is 6.04 Å². The van der Waals surface area contributed by atoms with Crippen LogP contribution in [0.3, 0.4) is 0 Å². The van der Waals surface area contributed by atoms with E-state index >= 15 is 0 Å². The maximum absolute atomic E-state index is 12.6. The van der Waals surface area contributed by atoms with Gasteiger partial charge in [0.1, 0.15) is 11.6 Å². The highest BCUT2D eigenvalue weighted by Crippen LogP contribution is 2.14. The number of halogens is 2. The van der Waals surface area contributed by atoms with E-state index in [4.69, 9.17) is 5.73 Å². The normalized spacial score (nSPS) is 12.6. The summed E-state index contributed by atoms with van der Waals surface area (Å²) < 4.78 is 25.2. The molecule has 0 aliphatic heterocycles. The van der Waals surface area contributed by atoms with Crippen LogP contribution in [0.2, 0.25) is 0 Å². The molecule has 0 saturated heterocycles. The predicted octanol–water partition coefficient (Wildman–Crippen LogP) is 2.15. The number of nitrogens with two attached hydrogens (primary N) is 1. The second-order valence-corrected chi connectivity index (χ2v) is 2.46. The number of hydrogen-bond acceptors (Lipinski definition) is 1. The second-order valence-electron chi connectivity index (χ2n) is 2.46. The molecule has 3 heteroatoms. The Labute approximate surface area is 69.5 Å². The molecule has 0 fully saturated rings. The Hall–Kier alpha value is -1.22. The fourth-order valence-electron chi connectivity index (χ4n) is 0.904. The number of rotatable bonds is 2. The average molecular weight is 169 g/mol. The van der Waals surface area contributed by atoms with Crippen LogP contribution < -0.4 is 5.73 Å². The standard InChI is InChI=1S/C9H9F2N/c1-2-9(12)6-3-7(10)5-8(11)4-6/h2-5,9H,1,12H2/t9-/m0/s1. The van der Waals surface area contributed by atoms with Gasteiger partial charge in [0, 0.05) is 12.1 Å². The average Bonchev–Trinajstić information content (AvgIpc) is 2.01. The van der Waals surface area contributed by atoms with E-state index in [1.807, 2.05) is 0 Å². The van der Waals surface area contributed by atoms with Gasteiger partial charge in [0.25, 0.3) is 0 Å². The number of benzene rings is 1. The van der Waals surface area contributed by atoms with Gasteiger partial charge in [0.15, 0.2) is 0 Å². The zero-order chi connectivity index (χ0) is 9.14. The van der Waals surface area contributed by atoms with Crippen LogP contribution in [0.15, 0.2) is 30.9 Å². The molecule has 1 aromatic carbocycles. The van der Waals surface area contributed by atoms with Crippen molar-refractivity contribution in [1.29, 1.82) is 0 Å². The summed E-state index contributed by atoms with van der Waals surface area (Å²) in [5, 5.41) is 0.